The average molecular weight is 475 g/mol. The van der Waals surface area contributed by atoms with Crippen LogP contribution in [0.3, 0.4) is 0 Å². The van der Waals surface area contributed by atoms with Gasteiger partial charge in [0.2, 0.25) is 5.88 Å². The number of nitrogens with one attached hydrogen (secondary N) is 2. The monoisotopic (exact) mass is 475 g/mol. The van der Waals surface area contributed by atoms with Gasteiger partial charge in [-0.25, -0.2) is 9.98 Å². The maximum Gasteiger partial charge on any atom is 0.218 e. The van der Waals surface area contributed by atoms with Crippen molar-refractivity contribution in [3.8, 4) is 5.88 Å². The molecule has 1 fully saturated rings. The van der Waals surface area contributed by atoms with Crippen LogP contribution in [0.5, 0.6) is 5.88 Å². The lowest BCUT2D eigenvalue weighted by molar-refractivity contribution is 0.159. The first-order chi connectivity index (χ1) is 12.2. The van der Waals surface area contributed by atoms with E-state index in [1.807, 2.05) is 12.1 Å². The molecule has 7 heteroatoms. The number of rotatable bonds is 8. The number of ether oxygens (including phenoxy) is 1. The fourth-order valence-electron chi connectivity index (χ4n) is 3.21. The number of hydrogen-bond acceptors (Lipinski definition) is 4. The van der Waals surface area contributed by atoms with Crippen LogP contribution in [0.15, 0.2) is 23.3 Å². The van der Waals surface area contributed by atoms with Crippen molar-refractivity contribution in [3.63, 3.8) is 0 Å². The molecule has 1 aromatic rings. The zero-order chi connectivity index (χ0) is 17.9. The van der Waals surface area contributed by atoms with Crippen molar-refractivity contribution >= 4 is 29.9 Å². The van der Waals surface area contributed by atoms with Gasteiger partial charge in [-0.15, -0.1) is 24.0 Å². The Bertz CT molecular complexity index is 540. The van der Waals surface area contributed by atoms with E-state index in [4.69, 9.17) is 4.74 Å². The van der Waals surface area contributed by atoms with Gasteiger partial charge in [-0.2, -0.15) is 0 Å². The summed E-state index contributed by atoms with van der Waals surface area (Å²) in [4.78, 5) is 11.5. The molecule has 0 radical (unpaired) electrons. The molecule has 1 saturated heterocycles. The second-order valence-electron chi connectivity index (χ2n) is 6.53. The average Bonchev–Trinajstić information content (AvgIpc) is 2.64. The van der Waals surface area contributed by atoms with Gasteiger partial charge in [0.1, 0.15) is 0 Å². The first-order valence-electron chi connectivity index (χ1n) is 9.48. The summed E-state index contributed by atoms with van der Waals surface area (Å²) in [6, 6.07) is 4.64. The Morgan fingerprint density at radius 3 is 2.96 bits per heavy atom. The van der Waals surface area contributed by atoms with E-state index in [1.165, 1.54) is 25.8 Å². The van der Waals surface area contributed by atoms with E-state index < -0.39 is 0 Å². The molecule has 0 bridgehead atoms. The minimum atomic E-state index is 0. The molecule has 2 rings (SSSR count). The van der Waals surface area contributed by atoms with Crippen molar-refractivity contribution in [1.29, 1.82) is 0 Å². The van der Waals surface area contributed by atoms with Gasteiger partial charge in [-0.1, -0.05) is 12.5 Å². The van der Waals surface area contributed by atoms with Crippen LogP contribution in [0.25, 0.3) is 0 Å². The summed E-state index contributed by atoms with van der Waals surface area (Å²) in [5.41, 5.74) is 0.990. The first kappa shape index (κ1) is 23.0. The molecule has 1 aliphatic rings. The number of aromatic nitrogens is 1. The van der Waals surface area contributed by atoms with Crippen molar-refractivity contribution < 1.29 is 4.74 Å². The summed E-state index contributed by atoms with van der Waals surface area (Å²) in [7, 11) is 1.64. The van der Waals surface area contributed by atoms with E-state index >= 15 is 0 Å². The summed E-state index contributed by atoms with van der Waals surface area (Å²) in [5.74, 6) is 1.49. The largest absolute Gasteiger partial charge is 0.481 e. The SMILES string of the molecule is CCNC(=NCc1cccnc1OC)NCCCN1CCCCC1C.I. The van der Waals surface area contributed by atoms with Gasteiger partial charge in [-0.3, -0.25) is 0 Å². The van der Waals surface area contributed by atoms with Crippen LogP contribution in [0, 0.1) is 0 Å². The first-order valence-corrected chi connectivity index (χ1v) is 9.48. The van der Waals surface area contributed by atoms with Gasteiger partial charge < -0.3 is 20.3 Å². The molecule has 1 unspecified atom stereocenters. The zero-order valence-corrected chi connectivity index (χ0v) is 18.7. The molecule has 0 spiro atoms. The van der Waals surface area contributed by atoms with Gasteiger partial charge in [0, 0.05) is 37.4 Å². The Kier molecular flexibility index (Phi) is 11.6. The number of likely N-dealkylation sites (tertiary alicyclic amines) is 1. The number of halogens is 1. The van der Waals surface area contributed by atoms with E-state index in [0.717, 1.165) is 43.6 Å². The van der Waals surface area contributed by atoms with Crippen LogP contribution in [-0.4, -0.2) is 55.2 Å². The topological polar surface area (TPSA) is 61.8 Å². The maximum atomic E-state index is 5.29. The third-order valence-electron chi connectivity index (χ3n) is 4.65. The Morgan fingerprint density at radius 2 is 2.23 bits per heavy atom. The predicted octanol–water partition coefficient (Wildman–Crippen LogP) is 3.03. The fraction of sp³-hybridized carbons (Fsp3) is 0.684. The molecular formula is C19H34IN5O. The van der Waals surface area contributed by atoms with Gasteiger partial charge in [-0.05, 0) is 45.7 Å². The molecule has 6 nitrogen and oxygen atoms in total. The van der Waals surface area contributed by atoms with E-state index in [-0.39, 0.29) is 24.0 Å². The smallest absolute Gasteiger partial charge is 0.218 e. The van der Waals surface area contributed by atoms with E-state index in [0.29, 0.717) is 12.4 Å². The maximum absolute atomic E-state index is 5.29. The molecule has 26 heavy (non-hydrogen) atoms. The Balaban J connectivity index is 0.00000338. The van der Waals surface area contributed by atoms with Gasteiger partial charge >= 0.3 is 0 Å². The van der Waals surface area contributed by atoms with E-state index in [2.05, 4.69) is 39.4 Å². The highest BCUT2D eigenvalue weighted by molar-refractivity contribution is 14.0. The molecule has 0 saturated carbocycles. The van der Waals surface area contributed by atoms with Crippen molar-refractivity contribution in [3.05, 3.63) is 23.9 Å². The van der Waals surface area contributed by atoms with Crippen molar-refractivity contribution in [1.82, 2.24) is 20.5 Å². The van der Waals surface area contributed by atoms with Crippen molar-refractivity contribution in [2.45, 2.75) is 52.1 Å². The molecule has 1 aromatic heterocycles. The van der Waals surface area contributed by atoms with E-state index in [9.17, 15) is 0 Å². The molecule has 1 aliphatic heterocycles. The van der Waals surface area contributed by atoms with Crippen LogP contribution in [0.4, 0.5) is 0 Å². The normalized spacial score (nSPS) is 18.1. The number of aliphatic imine (C=N–C) groups is 1. The minimum absolute atomic E-state index is 0. The van der Waals surface area contributed by atoms with Gasteiger partial charge in [0.05, 0.1) is 13.7 Å². The minimum Gasteiger partial charge on any atom is -0.481 e. The standard InChI is InChI=1S/C19H33N5O.HI/c1-4-20-19(23-15-17-10-7-11-21-18(17)25-3)22-12-8-14-24-13-6-5-9-16(24)2;/h7,10-11,16H,4-6,8-9,12-15H2,1-3H3,(H2,20,22,23);1H. The van der Waals surface area contributed by atoms with Crippen LogP contribution < -0.4 is 15.4 Å². The molecule has 2 heterocycles. The number of pyridine rings is 1. The molecule has 2 N–H and O–H groups in total. The quantitative estimate of drug-likeness (QED) is 0.262. The highest BCUT2D eigenvalue weighted by Crippen LogP contribution is 2.16. The highest BCUT2D eigenvalue weighted by atomic mass is 127. The Labute approximate surface area is 175 Å². The highest BCUT2D eigenvalue weighted by Gasteiger charge is 2.17. The van der Waals surface area contributed by atoms with Gasteiger partial charge in [0.25, 0.3) is 0 Å². The summed E-state index contributed by atoms with van der Waals surface area (Å²) in [5, 5.41) is 6.74. The second-order valence-corrected chi connectivity index (χ2v) is 6.53. The number of methoxy groups -OCH3 is 1. The Morgan fingerprint density at radius 1 is 1.38 bits per heavy atom. The summed E-state index contributed by atoms with van der Waals surface area (Å²) < 4.78 is 5.29. The third-order valence-corrected chi connectivity index (χ3v) is 4.65. The fourth-order valence-corrected chi connectivity index (χ4v) is 3.21. The van der Waals surface area contributed by atoms with Crippen LogP contribution in [0.1, 0.15) is 45.1 Å². The lowest BCUT2D eigenvalue weighted by atomic mass is 10.0. The summed E-state index contributed by atoms with van der Waals surface area (Å²) in [6.45, 7) is 9.16. The molecule has 0 aliphatic carbocycles. The summed E-state index contributed by atoms with van der Waals surface area (Å²) in [6.07, 6.45) is 6.92. The molecular weight excluding hydrogens is 441 g/mol. The zero-order valence-electron chi connectivity index (χ0n) is 16.3. The van der Waals surface area contributed by atoms with Crippen LogP contribution in [0.2, 0.25) is 0 Å². The van der Waals surface area contributed by atoms with Crippen LogP contribution >= 0.6 is 24.0 Å². The van der Waals surface area contributed by atoms with Crippen molar-refractivity contribution in [2.75, 3.05) is 33.3 Å². The second kappa shape index (κ2) is 13.1. The van der Waals surface area contributed by atoms with Crippen molar-refractivity contribution in [2.24, 2.45) is 4.99 Å². The number of nitrogens with zero attached hydrogens (tertiary/aromatic N) is 3. The number of piperidine rings is 1. The molecule has 0 amide bonds. The third kappa shape index (κ3) is 7.65. The number of hydrogen-bond donors (Lipinski definition) is 2. The van der Waals surface area contributed by atoms with E-state index in [1.54, 1.807) is 13.3 Å². The van der Waals surface area contributed by atoms with Gasteiger partial charge in [0.15, 0.2) is 5.96 Å². The lowest BCUT2D eigenvalue weighted by Crippen LogP contribution is -2.41. The summed E-state index contributed by atoms with van der Waals surface area (Å²) >= 11 is 0. The molecule has 148 valence electrons. The Hall–Kier alpha value is -1.09. The lowest BCUT2D eigenvalue weighted by Gasteiger charge is -2.33. The number of guanidine groups is 1. The predicted molar refractivity (Wildman–Crippen MR) is 119 cm³/mol. The molecule has 0 aromatic carbocycles. The molecule has 1 atom stereocenters. The van der Waals surface area contributed by atoms with Crippen LogP contribution in [-0.2, 0) is 6.54 Å².